The molecule has 0 aliphatic carbocycles. The lowest BCUT2D eigenvalue weighted by Gasteiger charge is -2.29. The third-order valence-electron chi connectivity index (χ3n) is 3.74. The summed E-state index contributed by atoms with van der Waals surface area (Å²) in [6.45, 7) is 3.95. The van der Waals surface area contributed by atoms with E-state index in [9.17, 15) is 14.0 Å². The Labute approximate surface area is 129 Å². The zero-order chi connectivity index (χ0) is 15.9. The molecule has 1 aliphatic rings. The van der Waals surface area contributed by atoms with Crippen LogP contribution in [0.25, 0.3) is 0 Å². The molecule has 1 saturated heterocycles. The maximum absolute atomic E-state index is 13.6. The molecule has 0 radical (unpaired) electrons. The Bertz CT molecular complexity index is 530. The molecule has 1 aromatic carbocycles. The van der Waals surface area contributed by atoms with Crippen molar-refractivity contribution in [1.29, 1.82) is 0 Å². The Morgan fingerprint density at radius 1 is 1.27 bits per heavy atom. The Kier molecular flexibility index (Phi) is 5.89. The maximum Gasteiger partial charge on any atom is 0.242 e. The molecule has 1 aliphatic heterocycles. The normalized spacial score (nSPS) is 14.7. The number of rotatable bonds is 5. The van der Waals surface area contributed by atoms with E-state index >= 15 is 0 Å². The molecule has 22 heavy (non-hydrogen) atoms. The molecule has 0 saturated carbocycles. The van der Waals surface area contributed by atoms with Crippen molar-refractivity contribution in [2.45, 2.75) is 13.3 Å². The smallest absolute Gasteiger partial charge is 0.242 e. The van der Waals surface area contributed by atoms with Gasteiger partial charge in [0.25, 0.3) is 0 Å². The Morgan fingerprint density at radius 3 is 2.59 bits per heavy atom. The Hall–Kier alpha value is -1.95. The SMILES string of the molecule is CC(=O)N(CCc1ccccc1F)CC(=O)N1CCOCC1. The molecule has 1 heterocycles. The lowest BCUT2D eigenvalue weighted by atomic mass is 10.1. The third kappa shape index (κ3) is 4.53. The summed E-state index contributed by atoms with van der Waals surface area (Å²) >= 11 is 0. The highest BCUT2D eigenvalue weighted by atomic mass is 19.1. The van der Waals surface area contributed by atoms with Crippen LogP contribution in [-0.2, 0) is 20.7 Å². The summed E-state index contributed by atoms with van der Waals surface area (Å²) in [6, 6.07) is 6.47. The highest BCUT2D eigenvalue weighted by Gasteiger charge is 2.21. The minimum atomic E-state index is -0.287. The number of carbonyl (C=O) groups excluding carboxylic acids is 2. The van der Waals surface area contributed by atoms with E-state index in [-0.39, 0.29) is 24.2 Å². The number of halogens is 1. The van der Waals surface area contributed by atoms with Crippen molar-refractivity contribution in [2.24, 2.45) is 0 Å². The zero-order valence-electron chi connectivity index (χ0n) is 12.8. The number of morpholine rings is 1. The molecule has 0 bridgehead atoms. The predicted molar refractivity (Wildman–Crippen MR) is 79.8 cm³/mol. The van der Waals surface area contributed by atoms with Gasteiger partial charge in [-0.1, -0.05) is 18.2 Å². The minimum absolute atomic E-state index is 0.0315. The van der Waals surface area contributed by atoms with Gasteiger partial charge < -0.3 is 14.5 Å². The minimum Gasteiger partial charge on any atom is -0.378 e. The van der Waals surface area contributed by atoms with Gasteiger partial charge in [0.1, 0.15) is 5.82 Å². The monoisotopic (exact) mass is 308 g/mol. The zero-order valence-corrected chi connectivity index (χ0v) is 12.8. The van der Waals surface area contributed by atoms with E-state index in [4.69, 9.17) is 4.74 Å². The van der Waals surface area contributed by atoms with Crippen LogP contribution in [0.15, 0.2) is 24.3 Å². The highest BCUT2D eigenvalue weighted by molar-refractivity contribution is 5.83. The van der Waals surface area contributed by atoms with Gasteiger partial charge in [-0.15, -0.1) is 0 Å². The summed E-state index contributed by atoms with van der Waals surface area (Å²) in [4.78, 5) is 27.1. The fourth-order valence-electron chi connectivity index (χ4n) is 2.38. The molecule has 0 aromatic heterocycles. The number of nitrogens with zero attached hydrogens (tertiary/aromatic N) is 2. The number of amides is 2. The van der Waals surface area contributed by atoms with Gasteiger partial charge in [0.05, 0.1) is 19.8 Å². The lowest BCUT2D eigenvalue weighted by Crippen LogP contribution is -2.47. The third-order valence-corrected chi connectivity index (χ3v) is 3.74. The first-order valence-electron chi connectivity index (χ1n) is 7.42. The van der Waals surface area contributed by atoms with E-state index in [1.54, 1.807) is 23.1 Å². The summed E-state index contributed by atoms with van der Waals surface area (Å²) in [5, 5.41) is 0. The fraction of sp³-hybridized carbons (Fsp3) is 0.500. The molecule has 0 spiro atoms. The number of hydrogen-bond acceptors (Lipinski definition) is 3. The van der Waals surface area contributed by atoms with Gasteiger partial charge in [0.15, 0.2) is 0 Å². The van der Waals surface area contributed by atoms with E-state index in [1.165, 1.54) is 17.9 Å². The van der Waals surface area contributed by atoms with Gasteiger partial charge in [-0.2, -0.15) is 0 Å². The van der Waals surface area contributed by atoms with Crippen LogP contribution in [-0.4, -0.2) is 61.0 Å². The molecule has 0 N–H and O–H groups in total. The molecule has 1 aromatic rings. The van der Waals surface area contributed by atoms with E-state index in [1.807, 2.05) is 0 Å². The molecular weight excluding hydrogens is 287 g/mol. The first-order valence-corrected chi connectivity index (χ1v) is 7.42. The van der Waals surface area contributed by atoms with Crippen molar-refractivity contribution in [3.8, 4) is 0 Å². The summed E-state index contributed by atoms with van der Waals surface area (Å²) in [7, 11) is 0. The van der Waals surface area contributed by atoms with Crippen molar-refractivity contribution in [3.63, 3.8) is 0 Å². The summed E-state index contributed by atoms with van der Waals surface area (Å²) in [5.74, 6) is -0.560. The van der Waals surface area contributed by atoms with Gasteiger partial charge in [-0.05, 0) is 18.1 Å². The molecule has 0 atom stereocenters. The van der Waals surface area contributed by atoms with Gasteiger partial charge in [0.2, 0.25) is 11.8 Å². The average molecular weight is 308 g/mol. The molecule has 2 amide bonds. The first kappa shape index (κ1) is 16.4. The highest BCUT2D eigenvalue weighted by Crippen LogP contribution is 2.08. The second kappa shape index (κ2) is 7.89. The molecule has 1 fully saturated rings. The quantitative estimate of drug-likeness (QED) is 0.818. The molecule has 5 nitrogen and oxygen atoms in total. The largest absolute Gasteiger partial charge is 0.378 e. The van der Waals surface area contributed by atoms with Crippen molar-refractivity contribution in [2.75, 3.05) is 39.4 Å². The average Bonchev–Trinajstić information content (AvgIpc) is 2.53. The predicted octanol–water partition coefficient (Wildman–Crippen LogP) is 1.08. The molecule has 120 valence electrons. The molecule has 6 heteroatoms. The van der Waals surface area contributed by atoms with Crippen LogP contribution in [0.1, 0.15) is 12.5 Å². The topological polar surface area (TPSA) is 49.9 Å². The van der Waals surface area contributed by atoms with Gasteiger partial charge >= 0.3 is 0 Å². The van der Waals surface area contributed by atoms with E-state index < -0.39 is 0 Å². The maximum atomic E-state index is 13.6. The second-order valence-electron chi connectivity index (χ2n) is 5.28. The van der Waals surface area contributed by atoms with E-state index in [0.29, 0.717) is 44.8 Å². The standard InChI is InChI=1S/C16H21FN2O3/c1-13(20)19(7-6-14-4-2-3-5-15(14)17)12-16(21)18-8-10-22-11-9-18/h2-5H,6-12H2,1H3. The Morgan fingerprint density at radius 2 is 1.95 bits per heavy atom. The number of benzene rings is 1. The van der Waals surface area contributed by atoms with Crippen LogP contribution >= 0.6 is 0 Å². The van der Waals surface area contributed by atoms with Crippen LogP contribution in [0.3, 0.4) is 0 Å². The van der Waals surface area contributed by atoms with Crippen LogP contribution in [0.4, 0.5) is 4.39 Å². The summed E-state index contributed by atoms with van der Waals surface area (Å²) in [5.41, 5.74) is 0.549. The Balaban J connectivity index is 1.91. The van der Waals surface area contributed by atoms with Crippen LogP contribution < -0.4 is 0 Å². The van der Waals surface area contributed by atoms with Gasteiger partial charge in [-0.3, -0.25) is 9.59 Å². The molecule has 2 rings (SSSR count). The summed E-state index contributed by atoms with van der Waals surface area (Å²) in [6.07, 6.45) is 0.392. The first-order chi connectivity index (χ1) is 10.6. The number of hydrogen-bond donors (Lipinski definition) is 0. The van der Waals surface area contributed by atoms with Crippen molar-refractivity contribution < 1.29 is 18.7 Å². The number of ether oxygens (including phenoxy) is 1. The van der Waals surface area contributed by atoms with E-state index in [2.05, 4.69) is 0 Å². The second-order valence-corrected chi connectivity index (χ2v) is 5.28. The summed E-state index contributed by atoms with van der Waals surface area (Å²) < 4.78 is 18.8. The van der Waals surface area contributed by atoms with Crippen LogP contribution in [0.5, 0.6) is 0 Å². The van der Waals surface area contributed by atoms with Crippen molar-refractivity contribution in [3.05, 3.63) is 35.6 Å². The van der Waals surface area contributed by atoms with Crippen molar-refractivity contribution >= 4 is 11.8 Å². The van der Waals surface area contributed by atoms with Crippen LogP contribution in [0, 0.1) is 5.82 Å². The fourth-order valence-corrected chi connectivity index (χ4v) is 2.38. The lowest BCUT2D eigenvalue weighted by molar-refractivity contribution is -0.142. The molecular formula is C16H21FN2O3. The van der Waals surface area contributed by atoms with Crippen LogP contribution in [0.2, 0.25) is 0 Å². The van der Waals surface area contributed by atoms with Crippen molar-refractivity contribution in [1.82, 2.24) is 9.80 Å². The number of carbonyl (C=O) groups is 2. The molecule has 0 unspecified atom stereocenters. The van der Waals surface area contributed by atoms with Gasteiger partial charge in [0, 0.05) is 26.6 Å². The van der Waals surface area contributed by atoms with E-state index in [0.717, 1.165) is 0 Å². The van der Waals surface area contributed by atoms with Gasteiger partial charge in [-0.25, -0.2) is 4.39 Å².